The summed E-state index contributed by atoms with van der Waals surface area (Å²) in [6.45, 7) is 0. The molecule has 0 amide bonds. The van der Waals surface area contributed by atoms with E-state index < -0.39 is 4.92 Å². The van der Waals surface area contributed by atoms with Crippen molar-refractivity contribution in [3.8, 4) is 43.7 Å². The molecule has 4 aromatic heterocycles. The molecule has 6 N–H and O–H groups in total. The topological polar surface area (TPSA) is 199 Å². The average Bonchev–Trinajstić information content (AvgIpc) is 3.65. The number of thiazole rings is 2. The number of anilines is 3. The number of hydrogen-bond donors (Lipinski definition) is 3. The number of nitrogens with two attached hydrogens (primary N) is 3. The summed E-state index contributed by atoms with van der Waals surface area (Å²) in [5, 5.41) is 16.1. The highest BCUT2D eigenvalue weighted by Crippen LogP contribution is 2.32. The van der Waals surface area contributed by atoms with Gasteiger partial charge in [-0.25, -0.2) is 29.9 Å². The monoisotopic (exact) mass is 568 g/mol. The predicted octanol–water partition coefficient (Wildman–Crippen LogP) is 5.19. The first-order valence-electron chi connectivity index (χ1n) is 11.5. The first kappa shape index (κ1) is 26.3. The Kier molecular flexibility index (Phi) is 7.61. The molecule has 12 nitrogen and oxygen atoms in total. The molecule has 0 spiro atoms. The smallest absolute Gasteiger partial charge is 0.270 e. The van der Waals surface area contributed by atoms with Crippen molar-refractivity contribution in [2.45, 2.75) is 0 Å². The zero-order chi connectivity index (χ0) is 28.1. The minimum atomic E-state index is -0.431. The van der Waals surface area contributed by atoms with E-state index in [-0.39, 0.29) is 5.69 Å². The third-order valence-electron chi connectivity index (χ3n) is 5.49. The van der Waals surface area contributed by atoms with E-state index in [9.17, 15) is 10.1 Å². The Morgan fingerprint density at radius 1 is 0.725 bits per heavy atom. The second-order valence-electron chi connectivity index (χ2n) is 8.15. The fourth-order valence-corrected chi connectivity index (χ4v) is 5.24. The molecule has 6 rings (SSSR count). The molecule has 0 bridgehead atoms. The van der Waals surface area contributed by atoms with E-state index in [2.05, 4.69) is 29.9 Å². The summed E-state index contributed by atoms with van der Waals surface area (Å²) in [7, 11) is 0. The number of hydrogen-bond acceptors (Lipinski definition) is 13. The summed E-state index contributed by atoms with van der Waals surface area (Å²) < 4.78 is 0. The van der Waals surface area contributed by atoms with Crippen LogP contribution in [0.3, 0.4) is 0 Å². The van der Waals surface area contributed by atoms with Crippen LogP contribution in [-0.4, -0.2) is 34.8 Å². The van der Waals surface area contributed by atoms with Crippen LogP contribution < -0.4 is 17.2 Å². The van der Waals surface area contributed by atoms with Gasteiger partial charge in [-0.3, -0.25) is 10.1 Å². The molecule has 0 saturated heterocycles. The van der Waals surface area contributed by atoms with Crippen LogP contribution >= 0.6 is 22.7 Å². The molecule has 40 heavy (non-hydrogen) atoms. The van der Waals surface area contributed by atoms with E-state index in [1.165, 1.54) is 47.5 Å². The maximum Gasteiger partial charge on any atom is 0.270 e. The molecule has 4 heterocycles. The fraction of sp³-hybridized carbons (Fsp3) is 0. The first-order chi connectivity index (χ1) is 19.4. The summed E-state index contributed by atoms with van der Waals surface area (Å²) in [5.74, 6) is 0.786. The molecule has 198 valence electrons. The van der Waals surface area contributed by atoms with Gasteiger partial charge in [-0.2, -0.15) is 0 Å². The second-order valence-corrected chi connectivity index (χ2v) is 9.87. The van der Waals surface area contributed by atoms with Crippen LogP contribution in [0.5, 0.6) is 0 Å². The zero-order valence-electron chi connectivity index (χ0n) is 20.6. The minimum absolute atomic E-state index is 0.0320. The molecule has 0 aliphatic carbocycles. The summed E-state index contributed by atoms with van der Waals surface area (Å²) in [6, 6.07) is 14.0. The Bertz CT molecular complexity index is 1800. The van der Waals surface area contributed by atoms with Crippen LogP contribution in [0.4, 0.5) is 23.0 Å². The number of nitro groups is 1. The van der Waals surface area contributed by atoms with Crippen LogP contribution in [0.1, 0.15) is 0 Å². The van der Waals surface area contributed by atoms with Crippen molar-refractivity contribution in [3.05, 3.63) is 94.5 Å². The molecule has 0 unspecified atom stereocenters. The average molecular weight is 569 g/mol. The zero-order valence-corrected chi connectivity index (χ0v) is 22.2. The second kappa shape index (κ2) is 11.6. The molecule has 6 aromatic rings. The van der Waals surface area contributed by atoms with Crippen LogP contribution in [0.15, 0.2) is 84.3 Å². The molecular formula is C26H20N10O2S2. The Labute approximate surface area is 235 Å². The van der Waals surface area contributed by atoms with E-state index in [4.69, 9.17) is 17.2 Å². The van der Waals surface area contributed by atoms with Crippen LogP contribution in [0.2, 0.25) is 0 Å². The van der Waals surface area contributed by atoms with Crippen molar-refractivity contribution >= 4 is 45.7 Å². The Balaban J connectivity index is 0.000000162. The van der Waals surface area contributed by atoms with Gasteiger partial charge in [0, 0.05) is 52.1 Å². The highest BCUT2D eigenvalue weighted by Gasteiger charge is 2.13. The van der Waals surface area contributed by atoms with E-state index >= 15 is 0 Å². The normalized spacial score (nSPS) is 10.5. The van der Waals surface area contributed by atoms with Crippen molar-refractivity contribution in [2.24, 2.45) is 0 Å². The van der Waals surface area contributed by atoms with Crippen molar-refractivity contribution in [3.63, 3.8) is 0 Å². The number of nitrogen functional groups attached to an aromatic ring is 3. The van der Waals surface area contributed by atoms with Gasteiger partial charge in [0.15, 0.2) is 0 Å². The van der Waals surface area contributed by atoms with E-state index in [1.807, 2.05) is 35.0 Å². The van der Waals surface area contributed by atoms with Gasteiger partial charge >= 0.3 is 0 Å². The van der Waals surface area contributed by atoms with Gasteiger partial charge in [0.1, 0.15) is 34.3 Å². The number of nitro benzene ring substituents is 1. The quantitative estimate of drug-likeness (QED) is 0.140. The molecule has 2 aromatic carbocycles. The SMILES string of the molecule is Nc1cccc(-c2csc(-c3cncnc3N)n2)c1.Nc1ncncc1-c1nc(-c2cccc([N+](=O)[O-])c2)cs1. The maximum absolute atomic E-state index is 10.8. The number of non-ortho nitro benzene ring substituents is 1. The van der Waals surface area contributed by atoms with Gasteiger partial charge in [-0.05, 0) is 12.1 Å². The lowest BCUT2D eigenvalue weighted by Gasteiger charge is -1.99. The van der Waals surface area contributed by atoms with E-state index in [0.717, 1.165) is 27.5 Å². The number of nitrogens with zero attached hydrogens (tertiary/aromatic N) is 7. The molecule has 0 aliphatic rings. The molecule has 14 heteroatoms. The molecule has 0 atom stereocenters. The predicted molar refractivity (Wildman–Crippen MR) is 157 cm³/mol. The molecular weight excluding hydrogens is 548 g/mol. The van der Waals surface area contributed by atoms with Crippen molar-refractivity contribution < 1.29 is 4.92 Å². The van der Waals surface area contributed by atoms with Gasteiger partial charge in [-0.1, -0.05) is 24.3 Å². The number of rotatable bonds is 5. The highest BCUT2D eigenvalue weighted by molar-refractivity contribution is 7.13. The molecule has 0 fully saturated rings. The van der Waals surface area contributed by atoms with E-state index in [0.29, 0.717) is 33.5 Å². The largest absolute Gasteiger partial charge is 0.399 e. The lowest BCUT2D eigenvalue weighted by atomic mass is 10.1. The van der Waals surface area contributed by atoms with Crippen LogP contribution in [0.25, 0.3) is 43.7 Å². The Morgan fingerprint density at radius 3 is 1.75 bits per heavy atom. The fourth-order valence-electron chi connectivity index (χ4n) is 3.54. The third kappa shape index (κ3) is 5.87. The van der Waals surface area contributed by atoms with Gasteiger partial charge in [0.25, 0.3) is 5.69 Å². The number of benzene rings is 2. The van der Waals surface area contributed by atoms with Crippen LogP contribution in [0, 0.1) is 10.1 Å². The molecule has 0 radical (unpaired) electrons. The van der Waals surface area contributed by atoms with Crippen molar-refractivity contribution in [2.75, 3.05) is 17.2 Å². The van der Waals surface area contributed by atoms with Gasteiger partial charge < -0.3 is 17.2 Å². The molecule has 0 saturated carbocycles. The van der Waals surface area contributed by atoms with Gasteiger partial charge in [0.2, 0.25) is 0 Å². The lowest BCUT2D eigenvalue weighted by molar-refractivity contribution is -0.384. The van der Waals surface area contributed by atoms with Gasteiger partial charge in [0.05, 0.1) is 27.4 Å². The standard InChI is InChI=1S/C13H9N5O2S.C13H11N5S/c14-12-10(5-15-7-16-12)13-17-11(6-21-13)8-2-1-3-9(4-8)18(19)20;14-9-3-1-2-8(4-9)11-6-19-13(18-11)10-5-16-7-17-12(10)15/h1-7H,(H2,14,15,16);1-7H,14H2,(H2,15,16,17). The van der Waals surface area contributed by atoms with Crippen molar-refractivity contribution in [1.82, 2.24) is 29.9 Å². The Morgan fingerprint density at radius 2 is 1.25 bits per heavy atom. The summed E-state index contributed by atoms with van der Waals surface area (Å²) in [6.07, 6.45) is 6.06. The molecule has 0 aliphatic heterocycles. The first-order valence-corrected chi connectivity index (χ1v) is 13.3. The van der Waals surface area contributed by atoms with Crippen molar-refractivity contribution in [1.29, 1.82) is 0 Å². The lowest BCUT2D eigenvalue weighted by Crippen LogP contribution is -1.94. The van der Waals surface area contributed by atoms with Gasteiger partial charge in [-0.15, -0.1) is 22.7 Å². The minimum Gasteiger partial charge on any atom is -0.399 e. The maximum atomic E-state index is 10.8. The summed E-state index contributed by atoms with van der Waals surface area (Å²) >= 11 is 2.89. The Hall–Kier alpha value is -5.34. The summed E-state index contributed by atoms with van der Waals surface area (Å²) in [4.78, 5) is 35.2. The van der Waals surface area contributed by atoms with E-state index in [1.54, 1.807) is 24.5 Å². The van der Waals surface area contributed by atoms with Crippen LogP contribution in [-0.2, 0) is 0 Å². The third-order valence-corrected chi connectivity index (χ3v) is 7.24. The highest BCUT2D eigenvalue weighted by atomic mass is 32.1. The summed E-state index contributed by atoms with van der Waals surface area (Å²) in [5.41, 5.74) is 22.7. The number of aromatic nitrogens is 6.